The minimum Gasteiger partial charge on any atom is -0.423 e. The largest absolute Gasteiger partial charge is 0.488 e. The van der Waals surface area contributed by atoms with E-state index >= 15 is 0 Å². The van der Waals surface area contributed by atoms with Crippen molar-refractivity contribution in [3.05, 3.63) is 29.8 Å². The van der Waals surface area contributed by atoms with E-state index in [1.807, 2.05) is 26.0 Å². The van der Waals surface area contributed by atoms with Crippen LogP contribution in [0.1, 0.15) is 38.7 Å². The molecule has 1 aliphatic rings. The summed E-state index contributed by atoms with van der Waals surface area (Å²) in [5.41, 5.74) is 1.01. The molecule has 0 aromatic heterocycles. The van der Waals surface area contributed by atoms with Crippen LogP contribution < -0.4 is 5.46 Å². The lowest BCUT2D eigenvalue weighted by Gasteiger charge is -2.33. The average Bonchev–Trinajstić information content (AvgIpc) is 2.39. The summed E-state index contributed by atoms with van der Waals surface area (Å²) >= 11 is 0. The van der Waals surface area contributed by atoms with Crippen LogP contribution in [-0.4, -0.2) is 30.1 Å². The summed E-state index contributed by atoms with van der Waals surface area (Å²) in [5.74, 6) is 0. The molecule has 0 spiro atoms. The molecule has 0 saturated carbocycles. The van der Waals surface area contributed by atoms with Gasteiger partial charge in [0.1, 0.15) is 0 Å². The lowest BCUT2D eigenvalue weighted by molar-refractivity contribution is -0.219. The minimum absolute atomic E-state index is 0.146. The summed E-state index contributed by atoms with van der Waals surface area (Å²) in [6, 6.07) is 7.12. The maximum absolute atomic E-state index is 9.08. The predicted molar refractivity (Wildman–Crippen MR) is 74.0 cm³/mol. The Morgan fingerprint density at radius 2 is 1.89 bits per heavy atom. The minimum atomic E-state index is -1.43. The summed E-state index contributed by atoms with van der Waals surface area (Å²) < 4.78 is 11.6. The maximum atomic E-state index is 9.08. The Balaban J connectivity index is 2.05. The van der Waals surface area contributed by atoms with Gasteiger partial charge in [0.25, 0.3) is 0 Å². The zero-order valence-electron chi connectivity index (χ0n) is 11.5. The molecular formula is C14H21BO4. The number of benzene rings is 1. The van der Waals surface area contributed by atoms with Crippen molar-refractivity contribution in [2.45, 2.75) is 45.0 Å². The molecule has 0 amide bonds. The van der Waals surface area contributed by atoms with Gasteiger partial charge in [0.2, 0.25) is 0 Å². The highest BCUT2D eigenvalue weighted by Gasteiger charge is 2.27. The van der Waals surface area contributed by atoms with E-state index in [0.29, 0.717) is 5.46 Å². The Hall–Kier alpha value is -0.875. The number of hydrogen-bond acceptors (Lipinski definition) is 4. The molecule has 1 aromatic carbocycles. The SMILES string of the molecule is CC(C)(OC1CCCCO1)c1ccc(B(O)O)cc1. The third-order valence-electron chi connectivity index (χ3n) is 3.47. The summed E-state index contributed by atoms with van der Waals surface area (Å²) in [6.07, 6.45) is 3.02. The van der Waals surface area contributed by atoms with Crippen LogP contribution in [0.2, 0.25) is 0 Å². The van der Waals surface area contributed by atoms with Gasteiger partial charge >= 0.3 is 7.12 Å². The molecule has 104 valence electrons. The Labute approximate surface area is 114 Å². The van der Waals surface area contributed by atoms with E-state index in [1.165, 1.54) is 0 Å². The zero-order valence-corrected chi connectivity index (χ0v) is 11.5. The number of hydrogen-bond donors (Lipinski definition) is 2. The van der Waals surface area contributed by atoms with Crippen molar-refractivity contribution < 1.29 is 19.5 Å². The maximum Gasteiger partial charge on any atom is 0.488 e. The van der Waals surface area contributed by atoms with Gasteiger partial charge in [0.05, 0.1) is 5.60 Å². The lowest BCUT2D eigenvalue weighted by atomic mass is 9.79. The summed E-state index contributed by atoms with van der Waals surface area (Å²) in [5, 5.41) is 18.2. The van der Waals surface area contributed by atoms with Crippen LogP contribution in [0.4, 0.5) is 0 Å². The molecule has 2 rings (SSSR count). The molecule has 4 nitrogen and oxygen atoms in total. The third-order valence-corrected chi connectivity index (χ3v) is 3.47. The van der Waals surface area contributed by atoms with Crippen LogP contribution in [0.3, 0.4) is 0 Å². The van der Waals surface area contributed by atoms with Crippen molar-refractivity contribution >= 4 is 12.6 Å². The molecule has 5 heteroatoms. The van der Waals surface area contributed by atoms with E-state index in [1.54, 1.807) is 12.1 Å². The Bertz CT molecular complexity index is 396. The van der Waals surface area contributed by atoms with Gasteiger partial charge in [-0.05, 0) is 44.1 Å². The summed E-state index contributed by atoms with van der Waals surface area (Å²) in [7, 11) is -1.43. The van der Waals surface area contributed by atoms with Crippen LogP contribution in [0.15, 0.2) is 24.3 Å². The first-order valence-corrected chi connectivity index (χ1v) is 6.75. The van der Waals surface area contributed by atoms with E-state index in [4.69, 9.17) is 19.5 Å². The molecule has 1 aromatic rings. The van der Waals surface area contributed by atoms with Crippen molar-refractivity contribution in [3.63, 3.8) is 0 Å². The molecule has 19 heavy (non-hydrogen) atoms. The second kappa shape index (κ2) is 6.05. The summed E-state index contributed by atoms with van der Waals surface area (Å²) in [4.78, 5) is 0. The number of rotatable bonds is 4. The Morgan fingerprint density at radius 3 is 2.42 bits per heavy atom. The molecule has 1 unspecified atom stereocenters. The first kappa shape index (κ1) is 14.5. The van der Waals surface area contributed by atoms with Crippen molar-refractivity contribution in [2.24, 2.45) is 0 Å². The second-order valence-electron chi connectivity index (χ2n) is 5.42. The fourth-order valence-electron chi connectivity index (χ4n) is 2.26. The van der Waals surface area contributed by atoms with E-state index < -0.39 is 12.7 Å². The number of ether oxygens (including phenoxy) is 2. The Kier molecular flexibility index (Phi) is 4.63. The normalized spacial score (nSPS) is 20.3. The van der Waals surface area contributed by atoms with Crippen LogP contribution in [0.5, 0.6) is 0 Å². The van der Waals surface area contributed by atoms with E-state index in [9.17, 15) is 0 Å². The van der Waals surface area contributed by atoms with Gasteiger partial charge in [-0.3, -0.25) is 0 Å². The van der Waals surface area contributed by atoms with Crippen LogP contribution in [0.25, 0.3) is 0 Å². The quantitative estimate of drug-likeness (QED) is 0.801. The standard InChI is InChI=1S/C14H21BO4/c1-14(2,19-13-5-3-4-10-18-13)11-6-8-12(9-7-11)15(16)17/h6-9,13,16-17H,3-5,10H2,1-2H3. The van der Waals surface area contributed by atoms with Crippen molar-refractivity contribution in [1.82, 2.24) is 0 Å². The van der Waals surface area contributed by atoms with Crippen LogP contribution in [-0.2, 0) is 15.1 Å². The first-order chi connectivity index (χ1) is 8.99. The van der Waals surface area contributed by atoms with Gasteiger partial charge in [0, 0.05) is 6.61 Å². The van der Waals surface area contributed by atoms with Crippen molar-refractivity contribution in [3.8, 4) is 0 Å². The molecule has 0 aliphatic carbocycles. The predicted octanol–water partition coefficient (Wildman–Crippen LogP) is 1.14. The molecule has 2 N–H and O–H groups in total. The topological polar surface area (TPSA) is 58.9 Å². The average molecular weight is 264 g/mol. The molecular weight excluding hydrogens is 243 g/mol. The van der Waals surface area contributed by atoms with Gasteiger partial charge in [-0.1, -0.05) is 24.3 Å². The molecule has 1 fully saturated rings. The first-order valence-electron chi connectivity index (χ1n) is 6.75. The highest BCUT2D eigenvalue weighted by atomic mass is 16.7. The highest BCUT2D eigenvalue weighted by Crippen LogP contribution is 2.28. The monoisotopic (exact) mass is 264 g/mol. The van der Waals surface area contributed by atoms with Gasteiger partial charge < -0.3 is 19.5 Å². The van der Waals surface area contributed by atoms with E-state index in [2.05, 4.69) is 0 Å². The van der Waals surface area contributed by atoms with Gasteiger partial charge in [-0.25, -0.2) is 0 Å². The fraction of sp³-hybridized carbons (Fsp3) is 0.571. The Morgan fingerprint density at radius 1 is 1.21 bits per heavy atom. The molecule has 0 bridgehead atoms. The van der Waals surface area contributed by atoms with E-state index in [0.717, 1.165) is 31.4 Å². The lowest BCUT2D eigenvalue weighted by Crippen LogP contribution is -2.33. The summed E-state index contributed by atoms with van der Waals surface area (Å²) in [6.45, 7) is 4.75. The van der Waals surface area contributed by atoms with Gasteiger partial charge in [0.15, 0.2) is 6.29 Å². The molecule has 1 heterocycles. The molecule has 1 atom stereocenters. The molecule has 1 aliphatic heterocycles. The molecule has 1 saturated heterocycles. The van der Waals surface area contributed by atoms with Crippen molar-refractivity contribution in [1.29, 1.82) is 0 Å². The zero-order chi connectivity index (χ0) is 13.9. The highest BCUT2D eigenvalue weighted by molar-refractivity contribution is 6.58. The van der Waals surface area contributed by atoms with E-state index in [-0.39, 0.29) is 6.29 Å². The van der Waals surface area contributed by atoms with Crippen LogP contribution >= 0.6 is 0 Å². The smallest absolute Gasteiger partial charge is 0.423 e. The third kappa shape index (κ3) is 3.80. The fourth-order valence-corrected chi connectivity index (χ4v) is 2.26. The van der Waals surface area contributed by atoms with Crippen LogP contribution in [0, 0.1) is 0 Å². The van der Waals surface area contributed by atoms with Crippen molar-refractivity contribution in [2.75, 3.05) is 6.61 Å². The second-order valence-corrected chi connectivity index (χ2v) is 5.42. The van der Waals surface area contributed by atoms with Gasteiger partial charge in [-0.2, -0.15) is 0 Å². The van der Waals surface area contributed by atoms with Gasteiger partial charge in [-0.15, -0.1) is 0 Å². The molecule has 0 radical (unpaired) electrons.